The molecule has 2 radical (unpaired) electrons. The first-order valence-electron chi connectivity index (χ1n) is 8.12. The average Bonchev–Trinajstić information content (AvgIpc) is 2.35. The number of unbranched alkanes of at least 4 members (excludes halogenated alkanes) is 10. The van der Waals surface area contributed by atoms with Crippen LogP contribution in [0.25, 0.3) is 0 Å². The fourth-order valence-corrected chi connectivity index (χ4v) is 5.75. The van der Waals surface area contributed by atoms with Gasteiger partial charge in [-0.05, 0) is 0 Å². The molecule has 0 atom stereocenters. The van der Waals surface area contributed by atoms with Crippen molar-refractivity contribution in [2.45, 2.75) is 99.8 Å². The van der Waals surface area contributed by atoms with Crippen molar-refractivity contribution in [2.75, 3.05) is 0 Å². The summed E-state index contributed by atoms with van der Waals surface area (Å²) < 4.78 is 3.31. The van der Waals surface area contributed by atoms with Crippen molar-refractivity contribution in [1.29, 1.82) is 0 Å². The molecule has 0 aliphatic heterocycles. The van der Waals surface area contributed by atoms with Crippen molar-refractivity contribution in [2.24, 2.45) is 0 Å². The molecule has 0 spiro atoms. The van der Waals surface area contributed by atoms with Crippen LogP contribution in [-0.4, -0.2) is 21.1 Å². The summed E-state index contributed by atoms with van der Waals surface area (Å²) in [6, 6.07) is 0. The molecule has 0 heterocycles. The van der Waals surface area contributed by atoms with Gasteiger partial charge in [0.05, 0.1) is 0 Å². The summed E-state index contributed by atoms with van der Waals surface area (Å²) in [4.78, 5) is 0. The molecule has 21 heavy (non-hydrogen) atoms. The molecule has 5 heteroatoms. The van der Waals surface area contributed by atoms with Crippen molar-refractivity contribution < 1.29 is 18.8 Å². The molecule has 0 aliphatic carbocycles. The van der Waals surface area contributed by atoms with E-state index >= 15 is 0 Å². The van der Waals surface area contributed by atoms with Crippen LogP contribution >= 0.6 is 0 Å². The van der Waals surface area contributed by atoms with Crippen LogP contribution in [0.1, 0.15) is 90.9 Å². The van der Waals surface area contributed by atoms with Crippen molar-refractivity contribution in [3.8, 4) is 0 Å². The molecule has 0 saturated heterocycles. The Bertz CT molecular complexity index is 123. The molecule has 0 unspecified atom stereocenters. The molecule has 0 fully saturated rings. The van der Waals surface area contributed by atoms with E-state index in [1.54, 1.807) is 21.7 Å². The molecule has 0 aromatic carbocycles. The van der Waals surface area contributed by atoms with Crippen LogP contribution in [-0.2, 0) is 0 Å². The van der Waals surface area contributed by atoms with Crippen molar-refractivity contribution in [3.63, 3.8) is 0 Å². The number of rotatable bonds is 14. The molecule has 0 saturated carbocycles. The molecule has 134 valence electrons. The van der Waals surface area contributed by atoms with Gasteiger partial charge in [-0.3, -0.25) is 18.8 Å². The van der Waals surface area contributed by atoms with Gasteiger partial charge in [-0.25, -0.2) is 0 Å². The predicted molar refractivity (Wildman–Crippen MR) is 92.1 cm³/mol. The van der Waals surface area contributed by atoms with Gasteiger partial charge < -0.3 is 0 Å². The first-order valence-corrected chi connectivity index (χ1v) is 12.2. The van der Waals surface area contributed by atoms with Crippen LogP contribution in [0.3, 0.4) is 0 Å². The zero-order valence-electron chi connectivity index (χ0n) is 14.0. The Kier molecular flexibility index (Phi) is 51.3. The van der Waals surface area contributed by atoms with E-state index in [0.29, 0.717) is 0 Å². The van der Waals surface area contributed by atoms with Gasteiger partial charge in [0.15, 0.2) is 0 Å². The number of halogens is 4. The van der Waals surface area contributed by atoms with E-state index in [-0.39, 0.29) is 40.0 Å². The Morgan fingerprint density at radius 1 is 0.429 bits per heavy atom. The Morgan fingerprint density at radius 2 is 0.714 bits per heavy atom. The topological polar surface area (TPSA) is 0 Å². The van der Waals surface area contributed by atoms with Crippen molar-refractivity contribution in [3.05, 3.63) is 0 Å². The van der Waals surface area contributed by atoms with E-state index in [1.807, 2.05) is 0 Å². The minimum Gasteiger partial charge on any atom is -0.269 e. The van der Waals surface area contributed by atoms with Crippen LogP contribution in [0.2, 0.25) is 8.87 Å². The number of hydrogen-bond acceptors (Lipinski definition) is 0. The Labute approximate surface area is 139 Å². The van der Waals surface area contributed by atoms with E-state index in [2.05, 4.69) is 13.8 Å². The van der Waals surface area contributed by atoms with Crippen LogP contribution in [0, 0.1) is 0 Å². The summed E-state index contributed by atoms with van der Waals surface area (Å²) >= 11 is 0.0736. The quantitative estimate of drug-likeness (QED) is 0.162. The fraction of sp³-hybridized carbons (Fsp3) is 1.00. The van der Waals surface area contributed by atoms with Crippen LogP contribution in [0.4, 0.5) is 18.8 Å². The third-order valence-corrected chi connectivity index (χ3v) is 7.45. The maximum absolute atomic E-state index is 2.30. The van der Waals surface area contributed by atoms with E-state index in [4.69, 9.17) is 0 Å². The van der Waals surface area contributed by atoms with Gasteiger partial charge in [0, 0.05) is 0 Å². The second-order valence-electron chi connectivity index (χ2n) is 5.29. The summed E-state index contributed by atoms with van der Waals surface area (Å²) in [7, 11) is 0. The van der Waals surface area contributed by atoms with Crippen LogP contribution in [0.5, 0.6) is 0 Å². The summed E-state index contributed by atoms with van der Waals surface area (Å²) in [5.41, 5.74) is 0. The SMILES string of the molecule is CCCCCCC[CH2][Sn][CH2]CCCCCCC.F.F.F.F. The third-order valence-electron chi connectivity index (χ3n) is 3.41. The normalized spacial score (nSPS) is 8.86. The van der Waals surface area contributed by atoms with Crippen LogP contribution < -0.4 is 0 Å². The second-order valence-corrected chi connectivity index (χ2v) is 9.57. The molecule has 0 amide bonds. The Morgan fingerprint density at radius 3 is 1.05 bits per heavy atom. The van der Waals surface area contributed by atoms with E-state index in [9.17, 15) is 0 Å². The zero-order chi connectivity index (χ0) is 12.6. The second kappa shape index (κ2) is 32.5. The summed E-state index contributed by atoms with van der Waals surface area (Å²) in [5.74, 6) is 0. The first-order chi connectivity index (χ1) is 8.41. The van der Waals surface area contributed by atoms with Crippen LogP contribution in [0.15, 0.2) is 0 Å². The van der Waals surface area contributed by atoms with Gasteiger partial charge in [-0.15, -0.1) is 0 Å². The fourth-order valence-electron chi connectivity index (χ4n) is 2.19. The molecule has 0 rings (SSSR count). The molecule has 0 bridgehead atoms. The largest absolute Gasteiger partial charge is 0.269 e. The number of hydrogen-bond donors (Lipinski definition) is 0. The van der Waals surface area contributed by atoms with E-state index in [0.717, 1.165) is 0 Å². The monoisotopic (exact) mass is 426 g/mol. The molecule has 0 aromatic rings. The molecule has 0 aromatic heterocycles. The van der Waals surface area contributed by atoms with Gasteiger partial charge >= 0.3 is 121 Å². The van der Waals surface area contributed by atoms with Crippen molar-refractivity contribution in [1.82, 2.24) is 0 Å². The average molecular weight is 425 g/mol. The Balaban J connectivity index is -0.000000213. The summed E-state index contributed by atoms with van der Waals surface area (Å²) in [6.45, 7) is 4.60. The van der Waals surface area contributed by atoms with Gasteiger partial charge in [-0.2, -0.15) is 0 Å². The summed E-state index contributed by atoms with van der Waals surface area (Å²) in [5, 5.41) is 0. The first kappa shape index (κ1) is 33.2. The Hall–Kier alpha value is 0.519. The zero-order valence-corrected chi connectivity index (χ0v) is 16.9. The minimum absolute atomic E-state index is 0. The van der Waals surface area contributed by atoms with E-state index < -0.39 is 0 Å². The molecular formula is C16H38F4Sn. The van der Waals surface area contributed by atoms with E-state index in [1.165, 1.54) is 64.2 Å². The third kappa shape index (κ3) is 33.4. The standard InChI is InChI=1S/2C8H17.4FH.Sn/c2*1-3-5-7-8-6-4-2;;;;;/h2*1,3-8H2,2H3;4*1H;. The van der Waals surface area contributed by atoms with Gasteiger partial charge in [0.2, 0.25) is 0 Å². The molecular weight excluding hydrogens is 387 g/mol. The molecule has 0 aliphatic rings. The maximum atomic E-state index is 2.30. The van der Waals surface area contributed by atoms with Gasteiger partial charge in [-0.1, -0.05) is 0 Å². The maximum Gasteiger partial charge on any atom is -0.269 e. The molecule has 0 nitrogen and oxygen atoms in total. The predicted octanol–water partition coefficient (Wildman–Crippen LogP) is 6.86. The summed E-state index contributed by atoms with van der Waals surface area (Å²) in [6.07, 6.45) is 17.8. The minimum atomic E-state index is 0. The molecule has 0 N–H and O–H groups in total. The van der Waals surface area contributed by atoms with Gasteiger partial charge in [0.1, 0.15) is 0 Å². The smallest absolute Gasteiger partial charge is 0.269 e. The van der Waals surface area contributed by atoms with Crippen molar-refractivity contribution >= 4 is 21.1 Å². The van der Waals surface area contributed by atoms with Gasteiger partial charge in [0.25, 0.3) is 0 Å².